The highest BCUT2D eigenvalue weighted by molar-refractivity contribution is 7.88. The number of nitrogens with zero attached hydrogens (tertiary/aromatic N) is 2. The van der Waals surface area contributed by atoms with E-state index in [1.807, 2.05) is 0 Å². The van der Waals surface area contributed by atoms with Gasteiger partial charge >= 0.3 is 0 Å². The Morgan fingerprint density at radius 1 is 1.20 bits per heavy atom. The van der Waals surface area contributed by atoms with E-state index in [1.54, 1.807) is 42.7 Å². The molecule has 2 aromatic rings. The van der Waals surface area contributed by atoms with Gasteiger partial charge in [-0.15, -0.1) is 0 Å². The average molecular weight is 365 g/mol. The normalized spacial score (nSPS) is 11.5. The molecule has 0 spiro atoms. The average Bonchev–Trinajstić information content (AvgIpc) is 2.56. The summed E-state index contributed by atoms with van der Waals surface area (Å²) >= 11 is 0. The Morgan fingerprint density at radius 3 is 2.52 bits per heavy atom. The Balaban J connectivity index is 1.88. The fraction of sp³-hybridized carbons (Fsp3) is 0.294. The van der Waals surface area contributed by atoms with E-state index in [2.05, 4.69) is 10.3 Å². The van der Waals surface area contributed by atoms with E-state index >= 15 is 0 Å². The first-order chi connectivity index (χ1) is 11.9. The van der Waals surface area contributed by atoms with Crippen LogP contribution in [0.2, 0.25) is 0 Å². The molecule has 134 valence electrons. The number of hydrogen-bond donors (Lipinski definition) is 1. The molecule has 1 aromatic heterocycles. The maximum Gasteiger partial charge on any atom is 0.224 e. The molecular weight excluding hydrogens is 345 g/mol. The van der Waals surface area contributed by atoms with Gasteiger partial charge in [0, 0.05) is 32.0 Å². The zero-order valence-corrected chi connectivity index (χ0v) is 14.7. The molecule has 0 bridgehead atoms. The minimum atomic E-state index is -3.43. The summed E-state index contributed by atoms with van der Waals surface area (Å²) < 4.78 is 38.6. The first kappa shape index (κ1) is 19.0. The van der Waals surface area contributed by atoms with Gasteiger partial charge in [-0.25, -0.2) is 12.8 Å². The van der Waals surface area contributed by atoms with Crippen molar-refractivity contribution in [2.75, 3.05) is 19.3 Å². The Morgan fingerprint density at radius 2 is 1.88 bits per heavy atom. The van der Waals surface area contributed by atoms with Gasteiger partial charge in [-0.1, -0.05) is 18.2 Å². The van der Waals surface area contributed by atoms with Crippen LogP contribution in [0.25, 0.3) is 0 Å². The first-order valence-electron chi connectivity index (χ1n) is 7.70. The molecule has 0 aliphatic rings. The monoisotopic (exact) mass is 365 g/mol. The van der Waals surface area contributed by atoms with Gasteiger partial charge in [-0.2, -0.15) is 4.31 Å². The number of rotatable bonds is 8. The largest absolute Gasteiger partial charge is 0.354 e. The number of hydrogen-bond acceptors (Lipinski definition) is 4. The summed E-state index contributed by atoms with van der Waals surface area (Å²) in [5.41, 5.74) is 1.11. The predicted octanol–water partition coefficient (Wildman–Crippen LogP) is 1.34. The van der Waals surface area contributed by atoms with Crippen LogP contribution in [0.4, 0.5) is 4.39 Å². The van der Waals surface area contributed by atoms with Crippen LogP contribution in [0.3, 0.4) is 0 Å². The fourth-order valence-electron chi connectivity index (χ4n) is 2.25. The lowest BCUT2D eigenvalue weighted by Gasteiger charge is -2.20. The second kappa shape index (κ2) is 8.68. The molecule has 0 saturated carbocycles. The highest BCUT2D eigenvalue weighted by atomic mass is 32.2. The van der Waals surface area contributed by atoms with E-state index < -0.39 is 15.8 Å². The second-order valence-corrected chi connectivity index (χ2v) is 7.55. The Labute approximate surface area is 146 Å². The van der Waals surface area contributed by atoms with Gasteiger partial charge in [0.15, 0.2) is 0 Å². The summed E-state index contributed by atoms with van der Waals surface area (Å²) in [6.07, 6.45) is 4.21. The van der Waals surface area contributed by atoms with Crippen LogP contribution < -0.4 is 5.32 Å². The lowest BCUT2D eigenvalue weighted by atomic mass is 10.1. The number of pyridine rings is 1. The topological polar surface area (TPSA) is 79.4 Å². The second-order valence-electron chi connectivity index (χ2n) is 5.57. The Kier molecular flexibility index (Phi) is 6.60. The quantitative estimate of drug-likeness (QED) is 0.766. The third-order valence-corrected chi connectivity index (χ3v) is 4.82. The first-order valence-corrected chi connectivity index (χ1v) is 9.55. The van der Waals surface area contributed by atoms with Gasteiger partial charge in [0.05, 0.1) is 12.7 Å². The van der Waals surface area contributed by atoms with Crippen LogP contribution in [0, 0.1) is 5.82 Å². The van der Waals surface area contributed by atoms with E-state index in [-0.39, 0.29) is 32.0 Å². The number of benzene rings is 1. The minimum Gasteiger partial charge on any atom is -0.354 e. The number of aromatic nitrogens is 1. The molecule has 0 aliphatic heterocycles. The summed E-state index contributed by atoms with van der Waals surface area (Å²) in [5, 5.41) is 2.62. The molecular formula is C17H20FN3O3S. The molecule has 8 heteroatoms. The van der Waals surface area contributed by atoms with Crippen molar-refractivity contribution in [3.05, 3.63) is 65.7 Å². The van der Waals surface area contributed by atoms with Crippen LogP contribution in [0.15, 0.2) is 48.8 Å². The number of carbonyl (C=O) groups excluding carboxylic acids is 1. The van der Waals surface area contributed by atoms with Crippen molar-refractivity contribution in [1.82, 2.24) is 14.6 Å². The van der Waals surface area contributed by atoms with Crippen LogP contribution in [-0.4, -0.2) is 43.0 Å². The molecule has 1 heterocycles. The molecule has 0 fully saturated rings. The number of sulfonamides is 1. The third kappa shape index (κ3) is 6.24. The number of amides is 1. The maximum absolute atomic E-state index is 13.5. The standard InChI is InChI=1S/C17H20FN3O3S/c1-25(23,24)21(13-14-6-8-19-9-7-14)11-10-20-17(22)12-15-4-2-3-5-16(15)18/h2-9H,10-13H2,1H3,(H,20,22). The van der Waals surface area contributed by atoms with Crippen LogP contribution in [-0.2, 0) is 27.8 Å². The zero-order valence-electron chi connectivity index (χ0n) is 13.9. The molecule has 1 N–H and O–H groups in total. The van der Waals surface area contributed by atoms with Gasteiger partial charge in [0.25, 0.3) is 0 Å². The summed E-state index contributed by atoms with van der Waals surface area (Å²) in [6.45, 7) is 0.472. The summed E-state index contributed by atoms with van der Waals surface area (Å²) in [5.74, 6) is -0.796. The highest BCUT2D eigenvalue weighted by Crippen LogP contribution is 2.08. The fourth-order valence-corrected chi connectivity index (χ4v) is 3.06. The molecule has 0 atom stereocenters. The summed E-state index contributed by atoms with van der Waals surface area (Å²) in [7, 11) is -3.43. The van der Waals surface area contributed by atoms with Crippen molar-refractivity contribution < 1.29 is 17.6 Å². The SMILES string of the molecule is CS(=O)(=O)N(CCNC(=O)Cc1ccccc1F)Cc1ccncc1. The van der Waals surface area contributed by atoms with Crippen molar-refractivity contribution in [1.29, 1.82) is 0 Å². The lowest BCUT2D eigenvalue weighted by Crippen LogP contribution is -2.38. The van der Waals surface area contributed by atoms with Gasteiger partial charge in [0.1, 0.15) is 5.82 Å². The zero-order chi connectivity index (χ0) is 18.3. The molecule has 0 saturated heterocycles. The smallest absolute Gasteiger partial charge is 0.224 e. The van der Waals surface area contributed by atoms with Crippen molar-refractivity contribution in [3.63, 3.8) is 0 Å². The van der Waals surface area contributed by atoms with Gasteiger partial charge < -0.3 is 5.32 Å². The molecule has 1 aromatic carbocycles. The van der Waals surface area contributed by atoms with Crippen molar-refractivity contribution >= 4 is 15.9 Å². The Bertz CT molecular complexity index is 813. The Hall–Kier alpha value is -2.32. The van der Waals surface area contributed by atoms with Gasteiger partial charge in [0.2, 0.25) is 15.9 Å². The van der Waals surface area contributed by atoms with E-state index in [4.69, 9.17) is 0 Å². The molecule has 1 amide bonds. The van der Waals surface area contributed by atoms with Gasteiger partial charge in [-0.3, -0.25) is 9.78 Å². The molecule has 0 unspecified atom stereocenters. The number of nitrogens with one attached hydrogen (secondary N) is 1. The van der Waals surface area contributed by atoms with E-state index in [0.717, 1.165) is 11.8 Å². The van der Waals surface area contributed by atoms with Gasteiger partial charge in [-0.05, 0) is 29.3 Å². The predicted molar refractivity (Wildman–Crippen MR) is 92.6 cm³/mol. The lowest BCUT2D eigenvalue weighted by molar-refractivity contribution is -0.120. The molecule has 25 heavy (non-hydrogen) atoms. The van der Waals surface area contributed by atoms with Crippen molar-refractivity contribution in [2.45, 2.75) is 13.0 Å². The highest BCUT2D eigenvalue weighted by Gasteiger charge is 2.17. The number of carbonyl (C=O) groups is 1. The van der Waals surface area contributed by atoms with E-state index in [9.17, 15) is 17.6 Å². The summed E-state index contributed by atoms with van der Waals surface area (Å²) in [4.78, 5) is 15.8. The molecule has 0 aliphatic carbocycles. The number of halogens is 1. The minimum absolute atomic E-state index is 0.0874. The van der Waals surface area contributed by atoms with Crippen molar-refractivity contribution in [3.8, 4) is 0 Å². The van der Waals surface area contributed by atoms with E-state index in [1.165, 1.54) is 10.4 Å². The maximum atomic E-state index is 13.5. The third-order valence-electron chi connectivity index (χ3n) is 3.57. The van der Waals surface area contributed by atoms with Crippen LogP contribution >= 0.6 is 0 Å². The molecule has 2 rings (SSSR count). The van der Waals surface area contributed by atoms with Crippen LogP contribution in [0.1, 0.15) is 11.1 Å². The summed E-state index contributed by atoms with van der Waals surface area (Å²) in [6, 6.07) is 9.51. The molecule has 0 radical (unpaired) electrons. The van der Waals surface area contributed by atoms with E-state index in [0.29, 0.717) is 5.56 Å². The van der Waals surface area contributed by atoms with Crippen LogP contribution in [0.5, 0.6) is 0 Å². The van der Waals surface area contributed by atoms with Crippen molar-refractivity contribution in [2.24, 2.45) is 0 Å². The molecule has 6 nitrogen and oxygen atoms in total.